The van der Waals surface area contributed by atoms with Crippen molar-refractivity contribution in [3.05, 3.63) is 29.6 Å². The Morgan fingerprint density at radius 2 is 2.28 bits per heavy atom. The van der Waals surface area contributed by atoms with E-state index in [0.717, 1.165) is 25.2 Å². The molecule has 0 radical (unpaired) electrons. The molecule has 1 aliphatic rings. The molecule has 1 N–H and O–H groups in total. The summed E-state index contributed by atoms with van der Waals surface area (Å²) in [6.45, 7) is 4.31. The SMILES string of the molecule is CC1CN(C)CCC1Nc1ccc(C#N)c(F)c1. The van der Waals surface area contributed by atoms with Gasteiger partial charge in [0.15, 0.2) is 0 Å². The average molecular weight is 247 g/mol. The number of nitriles is 1. The van der Waals surface area contributed by atoms with Crippen molar-refractivity contribution in [2.24, 2.45) is 5.92 Å². The van der Waals surface area contributed by atoms with Crippen LogP contribution in [0.3, 0.4) is 0 Å². The lowest BCUT2D eigenvalue weighted by molar-refractivity contribution is 0.206. The van der Waals surface area contributed by atoms with Gasteiger partial charge in [0.2, 0.25) is 0 Å². The predicted molar refractivity (Wildman–Crippen MR) is 69.8 cm³/mol. The molecule has 2 atom stereocenters. The summed E-state index contributed by atoms with van der Waals surface area (Å²) < 4.78 is 13.5. The zero-order valence-electron chi connectivity index (χ0n) is 10.8. The second-order valence-corrected chi connectivity index (χ2v) is 5.09. The molecule has 0 saturated carbocycles. The molecule has 1 aromatic carbocycles. The lowest BCUT2D eigenvalue weighted by Gasteiger charge is -2.35. The molecule has 1 aromatic rings. The maximum Gasteiger partial charge on any atom is 0.143 e. The van der Waals surface area contributed by atoms with Crippen LogP contribution in [0.1, 0.15) is 18.9 Å². The summed E-state index contributed by atoms with van der Waals surface area (Å²) in [5, 5.41) is 12.1. The summed E-state index contributed by atoms with van der Waals surface area (Å²) in [5.41, 5.74) is 0.852. The van der Waals surface area contributed by atoms with Crippen molar-refractivity contribution in [3.63, 3.8) is 0 Å². The Balaban J connectivity index is 2.06. The van der Waals surface area contributed by atoms with Crippen LogP contribution < -0.4 is 5.32 Å². The zero-order chi connectivity index (χ0) is 13.1. The van der Waals surface area contributed by atoms with E-state index in [2.05, 4.69) is 24.2 Å². The highest BCUT2D eigenvalue weighted by Crippen LogP contribution is 2.21. The standard InChI is InChI=1S/C14H18FN3/c1-10-9-18(2)6-5-14(10)17-12-4-3-11(8-16)13(15)7-12/h3-4,7,10,14,17H,5-6,9H2,1-2H3. The number of piperidine rings is 1. The highest BCUT2D eigenvalue weighted by molar-refractivity contribution is 5.48. The first-order valence-corrected chi connectivity index (χ1v) is 6.25. The Hall–Kier alpha value is -1.60. The fourth-order valence-corrected chi connectivity index (χ4v) is 2.48. The monoisotopic (exact) mass is 247 g/mol. The molecular formula is C14H18FN3. The number of hydrogen-bond donors (Lipinski definition) is 1. The Labute approximate surface area is 107 Å². The fourth-order valence-electron chi connectivity index (χ4n) is 2.48. The Morgan fingerprint density at radius 3 is 2.89 bits per heavy atom. The Bertz CT molecular complexity index is 467. The molecule has 18 heavy (non-hydrogen) atoms. The molecule has 0 bridgehead atoms. The highest BCUT2D eigenvalue weighted by Gasteiger charge is 2.23. The number of nitrogens with one attached hydrogen (secondary N) is 1. The molecule has 0 aliphatic carbocycles. The zero-order valence-corrected chi connectivity index (χ0v) is 10.8. The van der Waals surface area contributed by atoms with Crippen molar-refractivity contribution in [2.75, 3.05) is 25.5 Å². The summed E-state index contributed by atoms with van der Waals surface area (Å²) in [6.07, 6.45) is 1.05. The lowest BCUT2D eigenvalue weighted by atomic mass is 9.94. The van der Waals surface area contributed by atoms with E-state index < -0.39 is 5.82 Å². The summed E-state index contributed by atoms with van der Waals surface area (Å²) in [7, 11) is 2.12. The molecule has 3 nitrogen and oxygen atoms in total. The van der Waals surface area contributed by atoms with E-state index >= 15 is 0 Å². The topological polar surface area (TPSA) is 39.1 Å². The van der Waals surface area contributed by atoms with Crippen LogP contribution in [0.4, 0.5) is 10.1 Å². The van der Waals surface area contributed by atoms with Crippen LogP contribution in [0, 0.1) is 23.1 Å². The number of halogens is 1. The van der Waals surface area contributed by atoms with Crippen molar-refractivity contribution in [1.82, 2.24) is 4.90 Å². The minimum atomic E-state index is -0.455. The molecule has 2 unspecified atom stereocenters. The van der Waals surface area contributed by atoms with Crippen LogP contribution >= 0.6 is 0 Å². The van der Waals surface area contributed by atoms with E-state index in [-0.39, 0.29) is 5.56 Å². The first-order valence-electron chi connectivity index (χ1n) is 6.25. The first-order chi connectivity index (χ1) is 8.60. The van der Waals surface area contributed by atoms with Gasteiger partial charge in [-0.3, -0.25) is 0 Å². The molecule has 1 saturated heterocycles. The van der Waals surface area contributed by atoms with Crippen molar-refractivity contribution in [3.8, 4) is 6.07 Å². The minimum absolute atomic E-state index is 0.0944. The number of benzene rings is 1. The van der Waals surface area contributed by atoms with Crippen LogP contribution in [0.15, 0.2) is 18.2 Å². The summed E-state index contributed by atoms with van der Waals surface area (Å²) in [6, 6.07) is 6.90. The van der Waals surface area contributed by atoms with E-state index in [1.165, 1.54) is 12.1 Å². The highest BCUT2D eigenvalue weighted by atomic mass is 19.1. The van der Waals surface area contributed by atoms with Gasteiger partial charge in [-0.2, -0.15) is 5.26 Å². The van der Waals surface area contributed by atoms with Gasteiger partial charge in [-0.05, 0) is 44.1 Å². The smallest absolute Gasteiger partial charge is 0.143 e. The van der Waals surface area contributed by atoms with Crippen LogP contribution in [-0.2, 0) is 0 Å². The van der Waals surface area contributed by atoms with Gasteiger partial charge in [0, 0.05) is 18.3 Å². The molecule has 0 aromatic heterocycles. The van der Waals surface area contributed by atoms with E-state index in [4.69, 9.17) is 5.26 Å². The molecule has 4 heteroatoms. The molecule has 0 spiro atoms. The van der Waals surface area contributed by atoms with Gasteiger partial charge in [-0.1, -0.05) is 6.92 Å². The van der Waals surface area contributed by atoms with E-state index in [1.54, 1.807) is 6.07 Å². The maximum absolute atomic E-state index is 13.5. The first kappa shape index (κ1) is 12.8. The predicted octanol–water partition coefficient (Wildman–Crippen LogP) is 2.45. The number of hydrogen-bond acceptors (Lipinski definition) is 3. The third-order valence-electron chi connectivity index (χ3n) is 3.55. The lowest BCUT2D eigenvalue weighted by Crippen LogP contribution is -2.43. The number of nitrogens with zero attached hydrogens (tertiary/aromatic N) is 2. The number of likely N-dealkylation sites (tertiary alicyclic amines) is 1. The normalized spacial score (nSPS) is 24.6. The second kappa shape index (κ2) is 5.36. The van der Waals surface area contributed by atoms with Crippen LogP contribution in [0.5, 0.6) is 0 Å². The van der Waals surface area contributed by atoms with Crippen LogP contribution in [0.25, 0.3) is 0 Å². The molecule has 1 heterocycles. The Morgan fingerprint density at radius 1 is 1.50 bits per heavy atom. The van der Waals surface area contributed by atoms with Crippen molar-refractivity contribution in [2.45, 2.75) is 19.4 Å². The summed E-state index contributed by atoms with van der Waals surface area (Å²) in [4.78, 5) is 2.31. The van der Waals surface area contributed by atoms with Crippen molar-refractivity contribution < 1.29 is 4.39 Å². The third-order valence-corrected chi connectivity index (χ3v) is 3.55. The van der Waals surface area contributed by atoms with Crippen LogP contribution in [0.2, 0.25) is 0 Å². The van der Waals surface area contributed by atoms with Crippen molar-refractivity contribution in [1.29, 1.82) is 5.26 Å². The third kappa shape index (κ3) is 2.80. The van der Waals surface area contributed by atoms with E-state index in [0.29, 0.717) is 12.0 Å². The molecule has 2 rings (SSSR count). The summed E-state index contributed by atoms with van der Waals surface area (Å²) >= 11 is 0. The van der Waals surface area contributed by atoms with Gasteiger partial charge >= 0.3 is 0 Å². The minimum Gasteiger partial charge on any atom is -0.382 e. The number of anilines is 1. The van der Waals surface area contributed by atoms with Gasteiger partial charge in [-0.25, -0.2) is 4.39 Å². The van der Waals surface area contributed by atoms with E-state index in [1.807, 2.05) is 6.07 Å². The van der Waals surface area contributed by atoms with E-state index in [9.17, 15) is 4.39 Å². The fraction of sp³-hybridized carbons (Fsp3) is 0.500. The number of rotatable bonds is 2. The van der Waals surface area contributed by atoms with Gasteiger partial charge in [0.1, 0.15) is 11.9 Å². The van der Waals surface area contributed by atoms with Gasteiger partial charge in [0.25, 0.3) is 0 Å². The quantitative estimate of drug-likeness (QED) is 0.872. The van der Waals surface area contributed by atoms with Gasteiger partial charge in [0.05, 0.1) is 5.56 Å². The van der Waals surface area contributed by atoms with Crippen molar-refractivity contribution >= 4 is 5.69 Å². The van der Waals surface area contributed by atoms with Crippen LogP contribution in [-0.4, -0.2) is 31.1 Å². The Kier molecular flexibility index (Phi) is 3.83. The molecule has 1 aliphatic heterocycles. The second-order valence-electron chi connectivity index (χ2n) is 5.09. The average Bonchev–Trinajstić information content (AvgIpc) is 2.33. The van der Waals surface area contributed by atoms with Gasteiger partial charge < -0.3 is 10.2 Å². The largest absolute Gasteiger partial charge is 0.382 e. The molecule has 0 amide bonds. The molecule has 1 fully saturated rings. The molecular weight excluding hydrogens is 229 g/mol. The summed E-state index contributed by atoms with van der Waals surface area (Å²) in [5.74, 6) is 0.0746. The van der Waals surface area contributed by atoms with Gasteiger partial charge in [-0.15, -0.1) is 0 Å². The molecule has 96 valence electrons. The maximum atomic E-state index is 13.5.